The van der Waals surface area contributed by atoms with E-state index in [9.17, 15) is 4.79 Å². The number of carbonyl (C=O) groups excluding carboxylic acids is 1. The Balaban J connectivity index is 2.28. The number of aryl methyl sites for hydroxylation is 1. The summed E-state index contributed by atoms with van der Waals surface area (Å²) in [5.74, 6) is -0.228. The molecule has 106 valence electrons. The van der Waals surface area contributed by atoms with Crippen LogP contribution >= 0.6 is 11.6 Å². The molecule has 0 saturated carbocycles. The molecule has 0 radical (unpaired) electrons. The molecular weight excluding hydrogens is 266 g/mol. The van der Waals surface area contributed by atoms with E-state index in [4.69, 9.17) is 16.3 Å². The zero-order valence-electron chi connectivity index (χ0n) is 11.6. The van der Waals surface area contributed by atoms with E-state index in [1.807, 2.05) is 25.9 Å². The van der Waals surface area contributed by atoms with Gasteiger partial charge in [0.15, 0.2) is 0 Å². The Kier molecular flexibility index (Phi) is 6.77. The lowest BCUT2D eigenvalue weighted by molar-refractivity contribution is 0.0900. The van der Waals surface area contributed by atoms with Crippen molar-refractivity contribution in [1.29, 1.82) is 0 Å². The number of hydrogen-bond donors (Lipinski definition) is 1. The van der Waals surface area contributed by atoms with Crippen LogP contribution in [0, 0.1) is 6.92 Å². The zero-order valence-corrected chi connectivity index (χ0v) is 12.3. The summed E-state index contributed by atoms with van der Waals surface area (Å²) in [4.78, 5) is 17.9. The third-order valence-electron chi connectivity index (χ3n) is 2.45. The highest BCUT2D eigenvalue weighted by atomic mass is 35.5. The molecule has 0 aliphatic rings. The van der Waals surface area contributed by atoms with Crippen LogP contribution < -0.4 is 5.32 Å². The predicted octanol–water partition coefficient (Wildman–Crippen LogP) is 1.35. The Hall–Kier alpha value is -1.17. The van der Waals surface area contributed by atoms with Crippen LogP contribution in [0.5, 0.6) is 0 Å². The van der Waals surface area contributed by atoms with E-state index in [0.29, 0.717) is 30.3 Å². The van der Waals surface area contributed by atoms with Gasteiger partial charge in [-0.25, -0.2) is 0 Å². The third-order valence-corrected chi connectivity index (χ3v) is 2.76. The lowest BCUT2D eigenvalue weighted by atomic mass is 10.2. The summed E-state index contributed by atoms with van der Waals surface area (Å²) >= 11 is 5.98. The van der Waals surface area contributed by atoms with Crippen LogP contribution in [0.3, 0.4) is 0 Å². The van der Waals surface area contributed by atoms with E-state index in [1.54, 1.807) is 6.07 Å². The fourth-order valence-electron chi connectivity index (χ4n) is 1.37. The normalized spacial score (nSPS) is 10.8. The van der Waals surface area contributed by atoms with Gasteiger partial charge in [-0.15, -0.1) is 0 Å². The van der Waals surface area contributed by atoms with Gasteiger partial charge in [-0.2, -0.15) is 0 Å². The van der Waals surface area contributed by atoms with Gasteiger partial charge < -0.3 is 15.0 Å². The number of amides is 1. The molecule has 0 aliphatic carbocycles. The van der Waals surface area contributed by atoms with E-state index in [2.05, 4.69) is 10.3 Å². The average molecular weight is 286 g/mol. The van der Waals surface area contributed by atoms with Gasteiger partial charge in [0.05, 0.1) is 23.8 Å². The number of likely N-dealkylation sites (N-methyl/N-ethyl adjacent to an activating group) is 1. The molecule has 6 heteroatoms. The van der Waals surface area contributed by atoms with Crippen LogP contribution in [0.25, 0.3) is 0 Å². The van der Waals surface area contributed by atoms with E-state index < -0.39 is 0 Å². The minimum Gasteiger partial charge on any atom is -0.378 e. The van der Waals surface area contributed by atoms with Crippen molar-refractivity contribution >= 4 is 17.5 Å². The molecule has 0 aromatic carbocycles. The van der Waals surface area contributed by atoms with Crippen molar-refractivity contribution < 1.29 is 9.53 Å². The van der Waals surface area contributed by atoms with Crippen molar-refractivity contribution in [2.24, 2.45) is 0 Å². The number of halogens is 1. The van der Waals surface area contributed by atoms with Crippen LogP contribution in [0.2, 0.25) is 5.02 Å². The monoisotopic (exact) mass is 285 g/mol. The maximum absolute atomic E-state index is 11.8. The molecular formula is C13H20ClN3O2. The maximum atomic E-state index is 11.8. The third kappa shape index (κ3) is 6.00. The predicted molar refractivity (Wildman–Crippen MR) is 75.7 cm³/mol. The van der Waals surface area contributed by atoms with Crippen molar-refractivity contribution in [2.75, 3.05) is 40.4 Å². The first-order valence-corrected chi connectivity index (χ1v) is 6.51. The van der Waals surface area contributed by atoms with Gasteiger partial charge in [-0.1, -0.05) is 11.6 Å². The zero-order chi connectivity index (χ0) is 14.3. The highest BCUT2D eigenvalue weighted by molar-refractivity contribution is 6.33. The molecule has 19 heavy (non-hydrogen) atoms. The van der Waals surface area contributed by atoms with Crippen molar-refractivity contribution in [3.05, 3.63) is 28.5 Å². The summed E-state index contributed by atoms with van der Waals surface area (Å²) in [6.07, 6.45) is 1.49. The van der Waals surface area contributed by atoms with Gasteiger partial charge in [0.1, 0.15) is 0 Å². The first kappa shape index (κ1) is 15.9. The molecule has 0 aliphatic heterocycles. The Bertz CT molecular complexity index is 424. The summed E-state index contributed by atoms with van der Waals surface area (Å²) in [5, 5.41) is 3.16. The number of ether oxygens (including phenoxy) is 1. The lowest BCUT2D eigenvalue weighted by Crippen LogP contribution is -2.28. The Morgan fingerprint density at radius 1 is 1.47 bits per heavy atom. The van der Waals surface area contributed by atoms with Crippen LogP contribution in [0.15, 0.2) is 12.3 Å². The molecule has 1 amide bonds. The maximum Gasteiger partial charge on any atom is 0.254 e. The number of carbonyl (C=O) groups is 1. The largest absolute Gasteiger partial charge is 0.378 e. The van der Waals surface area contributed by atoms with E-state index >= 15 is 0 Å². The van der Waals surface area contributed by atoms with Crippen molar-refractivity contribution in [3.8, 4) is 0 Å². The second kappa shape index (κ2) is 8.09. The molecule has 5 nitrogen and oxygen atoms in total. The molecule has 1 N–H and O–H groups in total. The number of aromatic nitrogens is 1. The number of rotatable bonds is 7. The molecule has 1 aromatic heterocycles. The Labute approximate surface area is 118 Å². The van der Waals surface area contributed by atoms with Gasteiger partial charge in [0.2, 0.25) is 0 Å². The molecule has 1 rings (SSSR count). The average Bonchev–Trinajstić information content (AvgIpc) is 2.32. The molecule has 0 fully saturated rings. The molecule has 1 aromatic rings. The lowest BCUT2D eigenvalue weighted by Gasteiger charge is -2.10. The smallest absolute Gasteiger partial charge is 0.254 e. The first-order valence-electron chi connectivity index (χ1n) is 6.13. The van der Waals surface area contributed by atoms with Crippen molar-refractivity contribution in [3.63, 3.8) is 0 Å². The van der Waals surface area contributed by atoms with Crippen molar-refractivity contribution in [1.82, 2.24) is 15.2 Å². The van der Waals surface area contributed by atoms with Gasteiger partial charge in [-0.3, -0.25) is 9.78 Å². The number of nitrogens with zero attached hydrogens (tertiary/aromatic N) is 2. The Morgan fingerprint density at radius 3 is 2.84 bits per heavy atom. The van der Waals surface area contributed by atoms with Crippen molar-refractivity contribution in [2.45, 2.75) is 6.92 Å². The SMILES string of the molecule is Cc1cc(Cl)c(C(=O)NCCOCCN(C)C)cn1. The fourth-order valence-corrected chi connectivity index (χ4v) is 1.67. The highest BCUT2D eigenvalue weighted by Gasteiger charge is 2.10. The van der Waals surface area contributed by atoms with E-state index in [0.717, 1.165) is 12.2 Å². The second-order valence-electron chi connectivity index (χ2n) is 4.48. The van der Waals surface area contributed by atoms with Gasteiger partial charge in [-0.05, 0) is 27.1 Å². The summed E-state index contributed by atoms with van der Waals surface area (Å²) in [6, 6.07) is 1.67. The summed E-state index contributed by atoms with van der Waals surface area (Å²) in [6.45, 7) is 4.27. The van der Waals surface area contributed by atoms with Gasteiger partial charge >= 0.3 is 0 Å². The summed E-state index contributed by atoms with van der Waals surface area (Å²) < 4.78 is 5.38. The standard InChI is InChI=1S/C13H20ClN3O2/c1-10-8-12(14)11(9-16-10)13(18)15-4-6-19-7-5-17(2)3/h8-9H,4-7H2,1-3H3,(H,15,18). The minimum absolute atomic E-state index is 0.228. The molecule has 0 atom stereocenters. The fraction of sp³-hybridized carbons (Fsp3) is 0.538. The quantitative estimate of drug-likeness (QED) is 0.769. The second-order valence-corrected chi connectivity index (χ2v) is 4.88. The number of pyridine rings is 1. The Morgan fingerprint density at radius 2 is 2.21 bits per heavy atom. The number of nitrogens with one attached hydrogen (secondary N) is 1. The van der Waals surface area contributed by atoms with Crippen LogP contribution in [0.1, 0.15) is 16.1 Å². The first-order chi connectivity index (χ1) is 9.00. The molecule has 0 bridgehead atoms. The molecule has 0 spiro atoms. The number of hydrogen-bond acceptors (Lipinski definition) is 4. The van der Waals surface area contributed by atoms with Crippen LogP contribution in [-0.4, -0.2) is 56.2 Å². The van der Waals surface area contributed by atoms with Crippen LogP contribution in [-0.2, 0) is 4.74 Å². The minimum atomic E-state index is -0.228. The topological polar surface area (TPSA) is 54.5 Å². The summed E-state index contributed by atoms with van der Waals surface area (Å²) in [7, 11) is 3.97. The van der Waals surface area contributed by atoms with Gasteiger partial charge in [0, 0.05) is 25.0 Å². The highest BCUT2D eigenvalue weighted by Crippen LogP contribution is 2.15. The summed E-state index contributed by atoms with van der Waals surface area (Å²) in [5.41, 5.74) is 1.18. The molecule has 1 heterocycles. The molecule has 0 unspecified atom stereocenters. The molecule has 0 saturated heterocycles. The van der Waals surface area contributed by atoms with E-state index in [-0.39, 0.29) is 5.91 Å². The van der Waals surface area contributed by atoms with Gasteiger partial charge in [0.25, 0.3) is 5.91 Å². The van der Waals surface area contributed by atoms with Crippen LogP contribution in [0.4, 0.5) is 0 Å². The van der Waals surface area contributed by atoms with E-state index in [1.165, 1.54) is 6.20 Å².